The van der Waals surface area contributed by atoms with Crippen LogP contribution in [0.4, 0.5) is 16.2 Å². The fraction of sp³-hybridized carbons (Fsp3) is 0.143. The lowest BCUT2D eigenvalue weighted by Gasteiger charge is -2.13. The number of thioether (sulfide) groups is 1. The number of aryl methyl sites for hydroxylation is 2. The minimum atomic E-state index is -0.742. The molecule has 3 amide bonds. The summed E-state index contributed by atoms with van der Waals surface area (Å²) in [6.07, 6.45) is 1.23. The number of aromatic nitrogens is 2. The summed E-state index contributed by atoms with van der Waals surface area (Å²) in [6, 6.07) is 9.54. The van der Waals surface area contributed by atoms with Gasteiger partial charge < -0.3 is 5.32 Å². The minimum Gasteiger partial charge on any atom is -0.324 e. The Morgan fingerprint density at radius 1 is 1.15 bits per heavy atom. The molecule has 3 aromatic rings. The predicted octanol–water partition coefficient (Wildman–Crippen LogP) is 3.22. The van der Waals surface area contributed by atoms with Crippen LogP contribution >= 0.6 is 27.7 Å². The number of halogens is 1. The monoisotopic (exact) mass is 545 g/mol. The van der Waals surface area contributed by atoms with Gasteiger partial charge in [0.2, 0.25) is 5.91 Å². The van der Waals surface area contributed by atoms with Gasteiger partial charge in [0.05, 0.1) is 32.1 Å². The number of benzene rings is 2. The number of carbonyl (C=O) groups excluding carboxylic acids is 3. The maximum Gasteiger partial charge on any atom is 0.328 e. The van der Waals surface area contributed by atoms with Gasteiger partial charge in [-0.1, -0.05) is 12.1 Å². The number of imidazole rings is 1. The molecule has 0 saturated carbocycles. The second kappa shape index (κ2) is 8.91. The van der Waals surface area contributed by atoms with Crippen LogP contribution in [0, 0.1) is 10.1 Å². The minimum absolute atomic E-state index is 0.0573. The summed E-state index contributed by atoms with van der Waals surface area (Å²) in [7, 11) is 3.02. The van der Waals surface area contributed by atoms with Crippen molar-refractivity contribution in [1.29, 1.82) is 0 Å². The molecule has 4 rings (SSSR count). The molecule has 0 aliphatic carbocycles. The molecule has 11 nitrogen and oxygen atoms in total. The molecule has 1 saturated heterocycles. The smallest absolute Gasteiger partial charge is 0.324 e. The molecule has 13 heteroatoms. The number of anilines is 1. The number of nitro groups is 1. The number of para-hydroxylation sites is 1. The van der Waals surface area contributed by atoms with Crippen LogP contribution in [-0.4, -0.2) is 42.6 Å². The normalized spacial score (nSPS) is 14.9. The van der Waals surface area contributed by atoms with E-state index in [1.54, 1.807) is 24.3 Å². The SMILES string of the molecule is Cn1c(=O)n(C)c2cc([N+](=O)[O-])c(/C=C3\SC(=O)N(CC(=O)Nc4ccccc4Br)C3=O)cc21. The molecule has 0 radical (unpaired) electrons. The van der Waals surface area contributed by atoms with E-state index >= 15 is 0 Å². The van der Waals surface area contributed by atoms with Gasteiger partial charge >= 0.3 is 5.69 Å². The van der Waals surface area contributed by atoms with Crippen molar-refractivity contribution in [2.45, 2.75) is 0 Å². The van der Waals surface area contributed by atoms with Gasteiger partial charge in [0.15, 0.2) is 0 Å². The van der Waals surface area contributed by atoms with Crippen LogP contribution in [0.3, 0.4) is 0 Å². The summed E-state index contributed by atoms with van der Waals surface area (Å²) in [6.45, 7) is -0.516. The van der Waals surface area contributed by atoms with Crippen LogP contribution in [-0.2, 0) is 23.7 Å². The summed E-state index contributed by atoms with van der Waals surface area (Å²) in [5, 5.41) is 13.6. The number of hydrogen-bond donors (Lipinski definition) is 1. The molecule has 2 aromatic carbocycles. The van der Waals surface area contributed by atoms with Gasteiger partial charge in [-0.15, -0.1) is 0 Å². The standard InChI is InChI=1S/C21H16BrN5O6S/c1-24-15-7-11(14(27(32)33)9-16(15)25(2)20(24)30)8-17-19(29)26(21(31)34-17)10-18(28)23-13-6-4-3-5-12(13)22/h3-9H,10H2,1-2H3,(H,23,28)/b17-8-. The van der Waals surface area contributed by atoms with E-state index in [9.17, 15) is 29.3 Å². The van der Waals surface area contributed by atoms with Crippen molar-refractivity contribution < 1.29 is 19.3 Å². The number of amides is 3. The Balaban J connectivity index is 1.64. The Bertz CT molecular complexity index is 1490. The highest BCUT2D eigenvalue weighted by molar-refractivity contribution is 9.10. The second-order valence-electron chi connectivity index (χ2n) is 7.35. The van der Waals surface area contributed by atoms with Crippen molar-refractivity contribution in [3.8, 4) is 0 Å². The topological polar surface area (TPSA) is 137 Å². The highest BCUT2D eigenvalue weighted by atomic mass is 79.9. The number of nitrogens with one attached hydrogen (secondary N) is 1. The van der Waals surface area contributed by atoms with Crippen molar-refractivity contribution in [1.82, 2.24) is 14.0 Å². The number of imide groups is 1. The molecule has 0 atom stereocenters. The van der Waals surface area contributed by atoms with Gasteiger partial charge in [-0.25, -0.2) is 4.79 Å². The number of rotatable bonds is 5. The molecule has 0 unspecified atom stereocenters. The second-order valence-corrected chi connectivity index (χ2v) is 9.20. The van der Waals surface area contributed by atoms with Crippen molar-refractivity contribution in [2.75, 3.05) is 11.9 Å². The highest BCUT2D eigenvalue weighted by Crippen LogP contribution is 2.35. The number of fused-ring (bicyclic) bond motifs is 1. The first kappa shape index (κ1) is 23.4. The Morgan fingerprint density at radius 3 is 2.44 bits per heavy atom. The fourth-order valence-corrected chi connectivity index (χ4v) is 4.71. The van der Waals surface area contributed by atoms with E-state index < -0.39 is 28.5 Å². The number of hydrogen-bond acceptors (Lipinski definition) is 7. The highest BCUT2D eigenvalue weighted by Gasteiger charge is 2.37. The average molecular weight is 546 g/mol. The van der Waals surface area contributed by atoms with Crippen LogP contribution in [0.1, 0.15) is 5.56 Å². The Morgan fingerprint density at radius 2 is 1.79 bits per heavy atom. The van der Waals surface area contributed by atoms with Gasteiger partial charge in [0.25, 0.3) is 16.8 Å². The largest absolute Gasteiger partial charge is 0.328 e. The number of nitrogens with zero attached hydrogens (tertiary/aromatic N) is 4. The Kier molecular flexibility index (Phi) is 6.15. The maximum absolute atomic E-state index is 12.8. The Labute approximate surface area is 204 Å². The molecule has 1 fully saturated rings. The molecule has 1 aromatic heterocycles. The van der Waals surface area contributed by atoms with Gasteiger partial charge in [-0.2, -0.15) is 0 Å². The van der Waals surface area contributed by atoms with Crippen LogP contribution in [0.5, 0.6) is 0 Å². The fourth-order valence-electron chi connectivity index (χ4n) is 3.50. The lowest BCUT2D eigenvalue weighted by molar-refractivity contribution is -0.385. The molecular formula is C21H16BrN5O6S. The molecule has 1 N–H and O–H groups in total. The zero-order valence-corrected chi connectivity index (χ0v) is 20.2. The van der Waals surface area contributed by atoms with Crippen molar-refractivity contribution in [3.05, 3.63) is 71.9 Å². The summed E-state index contributed by atoms with van der Waals surface area (Å²) < 4.78 is 3.24. The lowest BCUT2D eigenvalue weighted by Crippen LogP contribution is -2.36. The maximum atomic E-state index is 12.8. The molecule has 1 aliphatic heterocycles. The Hall–Kier alpha value is -3.71. The van der Waals surface area contributed by atoms with E-state index in [4.69, 9.17) is 0 Å². The molecule has 34 heavy (non-hydrogen) atoms. The van der Waals surface area contributed by atoms with Crippen molar-refractivity contribution in [2.24, 2.45) is 14.1 Å². The van der Waals surface area contributed by atoms with E-state index in [0.717, 1.165) is 4.90 Å². The molecule has 1 aliphatic rings. The summed E-state index contributed by atoms with van der Waals surface area (Å²) in [5.74, 6) is -1.32. The van der Waals surface area contributed by atoms with Crippen molar-refractivity contribution in [3.63, 3.8) is 0 Å². The van der Waals surface area contributed by atoms with Gasteiger partial charge in [-0.05, 0) is 52.0 Å². The zero-order chi connectivity index (χ0) is 24.7. The first-order valence-corrected chi connectivity index (χ1v) is 11.3. The summed E-state index contributed by atoms with van der Waals surface area (Å²) >= 11 is 3.88. The van der Waals surface area contributed by atoms with Gasteiger partial charge in [0, 0.05) is 24.6 Å². The third-order valence-electron chi connectivity index (χ3n) is 5.23. The van der Waals surface area contributed by atoms with Crippen LogP contribution in [0.25, 0.3) is 17.1 Å². The van der Waals surface area contributed by atoms with E-state index in [1.807, 2.05) is 0 Å². The third-order valence-corrected chi connectivity index (χ3v) is 6.83. The number of carbonyl (C=O) groups is 3. The van der Waals surface area contributed by atoms with E-state index in [-0.39, 0.29) is 21.8 Å². The quantitative estimate of drug-likeness (QED) is 0.295. The van der Waals surface area contributed by atoms with E-state index in [1.165, 1.54) is 41.4 Å². The molecule has 174 valence electrons. The molecule has 0 spiro atoms. The lowest BCUT2D eigenvalue weighted by atomic mass is 10.1. The summed E-state index contributed by atoms with van der Waals surface area (Å²) in [5.41, 5.74) is 0.629. The zero-order valence-electron chi connectivity index (χ0n) is 17.8. The average Bonchev–Trinajstić information content (AvgIpc) is 3.17. The van der Waals surface area contributed by atoms with Crippen LogP contribution in [0.15, 0.2) is 50.6 Å². The third kappa shape index (κ3) is 4.15. The van der Waals surface area contributed by atoms with Crippen molar-refractivity contribution >= 4 is 73.2 Å². The van der Waals surface area contributed by atoms with Crippen LogP contribution in [0.2, 0.25) is 0 Å². The van der Waals surface area contributed by atoms with Gasteiger partial charge in [0.1, 0.15) is 6.54 Å². The molecule has 2 heterocycles. The first-order valence-electron chi connectivity index (χ1n) is 9.72. The van der Waals surface area contributed by atoms with Crippen LogP contribution < -0.4 is 11.0 Å². The summed E-state index contributed by atoms with van der Waals surface area (Å²) in [4.78, 5) is 61.6. The molecule has 0 bridgehead atoms. The number of nitro benzene ring substituents is 1. The molecular weight excluding hydrogens is 530 g/mol. The van der Waals surface area contributed by atoms with E-state index in [2.05, 4.69) is 21.2 Å². The first-order chi connectivity index (χ1) is 16.1. The predicted molar refractivity (Wildman–Crippen MR) is 130 cm³/mol. The van der Waals surface area contributed by atoms with E-state index in [0.29, 0.717) is 33.0 Å². The van der Waals surface area contributed by atoms with Gasteiger partial charge in [-0.3, -0.25) is 38.5 Å².